The third-order valence-corrected chi connectivity index (χ3v) is 2.64. The van der Waals surface area contributed by atoms with E-state index in [1.54, 1.807) is 11.9 Å². The van der Waals surface area contributed by atoms with Gasteiger partial charge in [0.05, 0.1) is 0 Å². The van der Waals surface area contributed by atoms with E-state index in [1.165, 1.54) is 5.56 Å². The van der Waals surface area contributed by atoms with E-state index in [-0.39, 0.29) is 17.4 Å². The van der Waals surface area contributed by atoms with Crippen molar-refractivity contribution in [3.8, 4) is 0 Å². The van der Waals surface area contributed by atoms with Crippen LogP contribution in [0.1, 0.15) is 16.1 Å². The Morgan fingerprint density at radius 2 is 2.06 bits per heavy atom. The topological polar surface area (TPSA) is 85.2 Å². The van der Waals surface area contributed by atoms with Crippen molar-refractivity contribution in [1.82, 2.24) is 15.2 Å². The number of carbonyl (C=O) groups excluding carboxylic acids is 1. The van der Waals surface area contributed by atoms with Gasteiger partial charge in [0.15, 0.2) is 0 Å². The smallest absolute Gasteiger partial charge is 0.279 e. The molecule has 0 aliphatic rings. The van der Waals surface area contributed by atoms with Crippen molar-refractivity contribution in [2.75, 3.05) is 19.3 Å². The van der Waals surface area contributed by atoms with Gasteiger partial charge in [-0.2, -0.15) is 0 Å². The molecule has 0 spiro atoms. The van der Waals surface area contributed by atoms with E-state index in [4.69, 9.17) is 5.73 Å². The van der Waals surface area contributed by atoms with Crippen molar-refractivity contribution in [3.63, 3.8) is 0 Å². The Hall–Kier alpha value is -2.37. The van der Waals surface area contributed by atoms with E-state index >= 15 is 0 Å². The fraction of sp³-hybridized carbons (Fsp3) is 0.250. The van der Waals surface area contributed by atoms with Gasteiger partial charge in [-0.1, -0.05) is 30.3 Å². The van der Waals surface area contributed by atoms with Crippen LogP contribution in [0.4, 0.5) is 5.82 Å². The van der Waals surface area contributed by atoms with Crippen LogP contribution in [0.3, 0.4) is 0 Å². The van der Waals surface area contributed by atoms with Gasteiger partial charge in [0.25, 0.3) is 5.91 Å². The van der Waals surface area contributed by atoms with Crippen molar-refractivity contribution >= 4 is 11.7 Å². The number of aromatic nitrogens is 2. The number of rotatable bonds is 4. The number of hydrogen-bond acceptors (Lipinski definition) is 5. The number of benzene rings is 1. The molecular weight excluding hydrogens is 232 g/mol. The highest BCUT2D eigenvalue weighted by molar-refractivity contribution is 5.95. The first kappa shape index (κ1) is 12.1. The minimum atomic E-state index is -0.287. The maximum Gasteiger partial charge on any atom is 0.279 e. The molecule has 6 nitrogen and oxygen atoms in total. The lowest BCUT2D eigenvalue weighted by Crippen LogP contribution is -2.29. The molecule has 2 aromatic rings. The van der Waals surface area contributed by atoms with Crippen molar-refractivity contribution in [2.45, 2.75) is 6.42 Å². The van der Waals surface area contributed by atoms with Crippen LogP contribution in [0, 0.1) is 0 Å². The third kappa shape index (κ3) is 2.65. The lowest BCUT2D eigenvalue weighted by atomic mass is 10.1. The summed E-state index contributed by atoms with van der Waals surface area (Å²) in [5.41, 5.74) is 6.70. The number of anilines is 1. The monoisotopic (exact) mass is 246 g/mol. The molecule has 6 heteroatoms. The van der Waals surface area contributed by atoms with Gasteiger partial charge in [-0.05, 0) is 22.3 Å². The number of hydrogen-bond donors (Lipinski definition) is 1. The molecule has 18 heavy (non-hydrogen) atoms. The molecule has 0 aliphatic heterocycles. The summed E-state index contributed by atoms with van der Waals surface area (Å²) in [5.74, 6) is -0.267. The van der Waals surface area contributed by atoms with E-state index in [0.29, 0.717) is 6.54 Å². The van der Waals surface area contributed by atoms with Crippen LogP contribution in [0.15, 0.2) is 35.0 Å². The van der Waals surface area contributed by atoms with E-state index < -0.39 is 0 Å². The molecule has 0 fully saturated rings. The molecule has 1 aromatic carbocycles. The van der Waals surface area contributed by atoms with Gasteiger partial charge >= 0.3 is 0 Å². The number of nitrogens with two attached hydrogens (primary N) is 1. The van der Waals surface area contributed by atoms with Crippen LogP contribution in [-0.2, 0) is 6.42 Å². The standard InChI is InChI=1S/C12H14N4O2/c1-16(8-7-9-5-3-2-4-6-9)12(17)10-11(13)15-18-14-10/h2-6H,7-8H2,1H3,(H2,13,15). The summed E-state index contributed by atoms with van der Waals surface area (Å²) in [6.45, 7) is 0.579. The van der Waals surface area contributed by atoms with Crippen LogP contribution in [0.5, 0.6) is 0 Å². The average molecular weight is 246 g/mol. The number of carbonyl (C=O) groups is 1. The Morgan fingerprint density at radius 1 is 1.33 bits per heavy atom. The first-order valence-corrected chi connectivity index (χ1v) is 5.56. The van der Waals surface area contributed by atoms with Crippen LogP contribution >= 0.6 is 0 Å². The van der Waals surface area contributed by atoms with Gasteiger partial charge in [0, 0.05) is 13.6 Å². The minimum Gasteiger partial charge on any atom is -0.379 e. The molecule has 94 valence electrons. The highest BCUT2D eigenvalue weighted by atomic mass is 16.6. The van der Waals surface area contributed by atoms with Gasteiger partial charge in [-0.3, -0.25) is 4.79 Å². The van der Waals surface area contributed by atoms with E-state index in [0.717, 1.165) is 6.42 Å². The average Bonchev–Trinajstić information content (AvgIpc) is 2.82. The van der Waals surface area contributed by atoms with Crippen molar-refractivity contribution in [3.05, 3.63) is 41.6 Å². The normalized spacial score (nSPS) is 10.3. The first-order valence-electron chi connectivity index (χ1n) is 5.56. The summed E-state index contributed by atoms with van der Waals surface area (Å²) in [5, 5.41) is 6.87. The SMILES string of the molecule is CN(CCc1ccccc1)C(=O)c1nonc1N. The van der Waals surface area contributed by atoms with E-state index in [1.807, 2.05) is 30.3 Å². The van der Waals surface area contributed by atoms with Gasteiger partial charge in [0.2, 0.25) is 11.5 Å². The zero-order valence-corrected chi connectivity index (χ0v) is 10.0. The molecule has 1 heterocycles. The second kappa shape index (κ2) is 5.31. The molecule has 0 bridgehead atoms. The number of nitrogen functional groups attached to an aromatic ring is 1. The quantitative estimate of drug-likeness (QED) is 0.868. The fourth-order valence-electron chi connectivity index (χ4n) is 1.57. The molecular formula is C12H14N4O2. The number of nitrogens with zero attached hydrogens (tertiary/aromatic N) is 3. The summed E-state index contributed by atoms with van der Waals surface area (Å²) in [7, 11) is 1.69. The highest BCUT2D eigenvalue weighted by Gasteiger charge is 2.19. The maximum atomic E-state index is 11.9. The summed E-state index contributed by atoms with van der Waals surface area (Å²) in [4.78, 5) is 13.5. The Balaban J connectivity index is 1.95. The molecule has 0 aliphatic carbocycles. The summed E-state index contributed by atoms with van der Waals surface area (Å²) >= 11 is 0. The largest absolute Gasteiger partial charge is 0.379 e. The van der Waals surface area contributed by atoms with Crippen LogP contribution in [-0.4, -0.2) is 34.7 Å². The number of amides is 1. The molecule has 2 N–H and O–H groups in total. The predicted octanol–water partition coefficient (Wildman–Crippen LogP) is 0.966. The molecule has 0 atom stereocenters. The summed E-state index contributed by atoms with van der Waals surface area (Å²) < 4.78 is 4.41. The van der Waals surface area contributed by atoms with Crippen molar-refractivity contribution in [1.29, 1.82) is 0 Å². The predicted molar refractivity (Wildman–Crippen MR) is 65.8 cm³/mol. The summed E-state index contributed by atoms with van der Waals surface area (Å²) in [6.07, 6.45) is 0.772. The first-order chi connectivity index (χ1) is 8.68. The second-order valence-corrected chi connectivity index (χ2v) is 3.96. The highest BCUT2D eigenvalue weighted by Crippen LogP contribution is 2.08. The minimum absolute atomic E-state index is 0.0200. The molecule has 2 rings (SSSR count). The van der Waals surface area contributed by atoms with Gasteiger partial charge < -0.3 is 10.6 Å². The zero-order chi connectivity index (χ0) is 13.0. The fourth-order valence-corrected chi connectivity index (χ4v) is 1.57. The molecule has 1 aromatic heterocycles. The van der Waals surface area contributed by atoms with Crippen LogP contribution < -0.4 is 5.73 Å². The van der Waals surface area contributed by atoms with Gasteiger partial charge in [-0.15, -0.1) is 0 Å². The summed E-state index contributed by atoms with van der Waals surface area (Å²) in [6, 6.07) is 9.93. The molecule has 0 saturated heterocycles. The lowest BCUT2D eigenvalue weighted by molar-refractivity contribution is 0.0786. The van der Waals surface area contributed by atoms with Crippen LogP contribution in [0.25, 0.3) is 0 Å². The Labute approximate surface area is 104 Å². The lowest BCUT2D eigenvalue weighted by Gasteiger charge is -2.15. The second-order valence-electron chi connectivity index (χ2n) is 3.96. The van der Waals surface area contributed by atoms with Crippen molar-refractivity contribution < 1.29 is 9.42 Å². The number of likely N-dealkylation sites (N-methyl/N-ethyl adjacent to an activating group) is 1. The molecule has 0 saturated carbocycles. The van der Waals surface area contributed by atoms with Gasteiger partial charge in [-0.25, -0.2) is 4.63 Å². The van der Waals surface area contributed by atoms with Crippen molar-refractivity contribution in [2.24, 2.45) is 0 Å². The van der Waals surface area contributed by atoms with Gasteiger partial charge in [0.1, 0.15) is 0 Å². The molecule has 1 amide bonds. The zero-order valence-electron chi connectivity index (χ0n) is 10.0. The Morgan fingerprint density at radius 3 is 2.67 bits per heavy atom. The Bertz CT molecular complexity index is 524. The third-order valence-electron chi connectivity index (χ3n) is 2.64. The molecule has 0 radical (unpaired) electrons. The van der Waals surface area contributed by atoms with E-state index in [2.05, 4.69) is 14.9 Å². The van der Waals surface area contributed by atoms with E-state index in [9.17, 15) is 4.79 Å². The van der Waals surface area contributed by atoms with Crippen LogP contribution in [0.2, 0.25) is 0 Å². The Kier molecular flexibility index (Phi) is 3.57. The maximum absolute atomic E-state index is 11.9. The molecule has 0 unspecified atom stereocenters.